The van der Waals surface area contributed by atoms with E-state index < -0.39 is 56.5 Å². The van der Waals surface area contributed by atoms with Crippen LogP contribution < -0.4 is 10.6 Å². The molecule has 0 aromatic heterocycles. The Morgan fingerprint density at radius 1 is 0.919 bits per heavy atom. The van der Waals surface area contributed by atoms with Crippen LogP contribution in [0.5, 0.6) is 0 Å². The summed E-state index contributed by atoms with van der Waals surface area (Å²) in [6, 6.07) is 6.40. The lowest BCUT2D eigenvalue weighted by Gasteiger charge is -2.32. The number of rotatable bonds is 7. The first-order valence-electron chi connectivity index (χ1n) is 10.2. The molecular formula is C22H21F6IN2O5S. The molecule has 2 aromatic carbocycles. The van der Waals surface area contributed by atoms with Crippen molar-refractivity contribution in [2.24, 2.45) is 0 Å². The van der Waals surface area contributed by atoms with Crippen molar-refractivity contribution >= 4 is 49.9 Å². The smallest absolute Gasteiger partial charge is 0.369 e. The van der Waals surface area contributed by atoms with Crippen LogP contribution in [0.1, 0.15) is 40.1 Å². The first kappa shape index (κ1) is 30.8. The van der Waals surface area contributed by atoms with E-state index in [0.29, 0.717) is 15.7 Å². The molecular weight excluding hydrogens is 645 g/mol. The lowest BCUT2D eigenvalue weighted by atomic mass is 9.92. The molecule has 0 aliphatic rings. The van der Waals surface area contributed by atoms with Gasteiger partial charge in [0.25, 0.3) is 17.4 Å². The summed E-state index contributed by atoms with van der Waals surface area (Å²) in [4.78, 5) is 25.8. The number of hydrogen-bond donors (Lipinski definition) is 3. The number of alkyl halides is 6. The molecule has 2 amide bonds. The summed E-state index contributed by atoms with van der Waals surface area (Å²) in [7, 11) is -3.47. The van der Waals surface area contributed by atoms with Crippen molar-refractivity contribution in [3.63, 3.8) is 0 Å². The number of nitrogens with one attached hydrogen (secondary N) is 2. The molecule has 0 aliphatic carbocycles. The normalized spacial score (nSPS) is 13.3. The summed E-state index contributed by atoms with van der Waals surface area (Å²) in [5.74, 6) is -2.09. The standard InChI is InChI=1S/C22H21F6IN2O5S/c1-19(2,11-37(3,35)36)31-18(33)16-14(5-4-6-15(16)29)17(32)30-13-9-7-12(8-10-13)20(34,21(23,24)25)22(26,27)28/h4-10,34H,11H2,1-3H3,(H,30,32)(H,31,33). The van der Waals surface area contributed by atoms with Gasteiger partial charge in [0.2, 0.25) is 0 Å². The molecule has 37 heavy (non-hydrogen) atoms. The van der Waals surface area contributed by atoms with Crippen LogP contribution in [-0.4, -0.2) is 55.2 Å². The predicted molar refractivity (Wildman–Crippen MR) is 131 cm³/mol. The third kappa shape index (κ3) is 7.13. The molecule has 0 spiro atoms. The van der Waals surface area contributed by atoms with Crippen LogP contribution >= 0.6 is 22.6 Å². The van der Waals surface area contributed by atoms with Gasteiger partial charge in [0.05, 0.1) is 16.9 Å². The zero-order valence-electron chi connectivity index (χ0n) is 19.4. The van der Waals surface area contributed by atoms with Crippen LogP contribution in [0.2, 0.25) is 0 Å². The Balaban J connectivity index is 2.36. The van der Waals surface area contributed by atoms with Crippen molar-refractivity contribution in [1.82, 2.24) is 5.32 Å². The van der Waals surface area contributed by atoms with Crippen LogP contribution in [0, 0.1) is 3.57 Å². The van der Waals surface area contributed by atoms with Gasteiger partial charge in [0.15, 0.2) is 0 Å². The Hall–Kier alpha value is -2.40. The van der Waals surface area contributed by atoms with Gasteiger partial charge in [-0.15, -0.1) is 0 Å². The molecule has 0 radical (unpaired) electrons. The molecule has 0 heterocycles. The van der Waals surface area contributed by atoms with Crippen molar-refractivity contribution in [3.8, 4) is 0 Å². The Morgan fingerprint density at radius 3 is 1.89 bits per heavy atom. The molecule has 0 saturated heterocycles. The number of carbonyl (C=O) groups excluding carboxylic acids is 2. The Bertz CT molecular complexity index is 1280. The molecule has 0 unspecified atom stereocenters. The van der Waals surface area contributed by atoms with Gasteiger partial charge in [-0.05, 0) is 60.7 Å². The van der Waals surface area contributed by atoms with Crippen molar-refractivity contribution in [2.75, 3.05) is 17.3 Å². The van der Waals surface area contributed by atoms with Gasteiger partial charge in [-0.3, -0.25) is 9.59 Å². The molecule has 0 aliphatic heterocycles. The SMILES string of the molecule is CC(C)(CS(C)(=O)=O)NC(=O)c1c(I)cccc1C(=O)Nc1ccc(C(O)(C(F)(F)F)C(F)(F)F)cc1. The number of hydrogen-bond acceptors (Lipinski definition) is 5. The lowest BCUT2D eigenvalue weighted by Crippen LogP contribution is -2.53. The van der Waals surface area contributed by atoms with Gasteiger partial charge in [-0.25, -0.2) is 8.42 Å². The maximum atomic E-state index is 13.1. The van der Waals surface area contributed by atoms with E-state index in [4.69, 9.17) is 0 Å². The van der Waals surface area contributed by atoms with Crippen molar-refractivity contribution in [2.45, 2.75) is 37.3 Å². The zero-order valence-corrected chi connectivity index (χ0v) is 22.4. The second-order valence-electron chi connectivity index (χ2n) is 8.81. The summed E-state index contributed by atoms with van der Waals surface area (Å²) in [6.45, 7) is 2.93. The fourth-order valence-corrected chi connectivity index (χ4v) is 5.61. The van der Waals surface area contributed by atoms with Gasteiger partial charge in [-0.1, -0.05) is 18.2 Å². The minimum Gasteiger partial charge on any atom is -0.369 e. The average molecular weight is 666 g/mol. The minimum absolute atomic E-state index is 0.123. The highest BCUT2D eigenvalue weighted by atomic mass is 127. The Kier molecular flexibility index (Phi) is 8.66. The zero-order chi connectivity index (χ0) is 28.6. The van der Waals surface area contributed by atoms with E-state index >= 15 is 0 Å². The number of carbonyl (C=O) groups is 2. The van der Waals surface area contributed by atoms with Gasteiger partial charge in [-0.2, -0.15) is 26.3 Å². The number of aliphatic hydroxyl groups is 1. The number of sulfone groups is 1. The molecule has 0 fully saturated rings. The molecule has 0 saturated carbocycles. The third-order valence-electron chi connectivity index (χ3n) is 4.94. The van der Waals surface area contributed by atoms with E-state index in [2.05, 4.69) is 10.6 Å². The highest BCUT2D eigenvalue weighted by Crippen LogP contribution is 2.50. The Morgan fingerprint density at radius 2 is 1.43 bits per heavy atom. The predicted octanol–water partition coefficient (Wildman–Crippen LogP) is 4.41. The van der Waals surface area contributed by atoms with Crippen LogP contribution in [0.15, 0.2) is 42.5 Å². The number of benzene rings is 2. The average Bonchev–Trinajstić information content (AvgIpc) is 2.69. The number of amides is 2. The molecule has 204 valence electrons. The van der Waals surface area contributed by atoms with E-state index in [1.54, 1.807) is 22.6 Å². The first-order valence-corrected chi connectivity index (χ1v) is 13.3. The molecule has 15 heteroatoms. The van der Waals surface area contributed by atoms with E-state index in [-0.39, 0.29) is 16.8 Å². The summed E-state index contributed by atoms with van der Waals surface area (Å²) in [6.07, 6.45) is -11.1. The monoisotopic (exact) mass is 666 g/mol. The van der Waals surface area contributed by atoms with Gasteiger partial charge in [0.1, 0.15) is 9.84 Å². The van der Waals surface area contributed by atoms with Gasteiger partial charge >= 0.3 is 12.4 Å². The fraction of sp³-hybridized carbons (Fsp3) is 0.364. The summed E-state index contributed by atoms with van der Waals surface area (Å²) in [5.41, 5.74) is -8.37. The summed E-state index contributed by atoms with van der Waals surface area (Å²) >= 11 is 1.77. The second kappa shape index (κ2) is 10.4. The molecule has 0 atom stereocenters. The van der Waals surface area contributed by atoms with Crippen LogP contribution in [-0.2, 0) is 15.4 Å². The fourth-order valence-electron chi connectivity index (χ4n) is 3.49. The largest absolute Gasteiger partial charge is 0.430 e. The quantitative estimate of drug-likeness (QED) is 0.300. The molecule has 0 bridgehead atoms. The van der Waals surface area contributed by atoms with Crippen molar-refractivity contribution < 1.29 is 49.5 Å². The lowest BCUT2D eigenvalue weighted by molar-refractivity contribution is -0.376. The van der Waals surface area contributed by atoms with Gasteiger partial charge in [0, 0.05) is 26.6 Å². The van der Waals surface area contributed by atoms with Crippen molar-refractivity contribution in [1.29, 1.82) is 0 Å². The number of anilines is 1. The van der Waals surface area contributed by atoms with Crippen LogP contribution in [0.3, 0.4) is 0 Å². The molecule has 3 N–H and O–H groups in total. The molecule has 7 nitrogen and oxygen atoms in total. The number of halogens is 7. The minimum atomic E-state index is -6.07. The summed E-state index contributed by atoms with van der Waals surface area (Å²) in [5, 5.41) is 14.3. The highest BCUT2D eigenvalue weighted by molar-refractivity contribution is 14.1. The van der Waals surface area contributed by atoms with E-state index in [9.17, 15) is 49.5 Å². The molecule has 2 aromatic rings. The van der Waals surface area contributed by atoms with Gasteiger partial charge < -0.3 is 15.7 Å². The van der Waals surface area contributed by atoms with E-state index in [1.807, 2.05) is 0 Å². The summed E-state index contributed by atoms with van der Waals surface area (Å²) < 4.78 is 102. The second-order valence-corrected chi connectivity index (χ2v) is 12.1. The molecule has 2 rings (SSSR count). The van der Waals surface area contributed by atoms with Crippen LogP contribution in [0.4, 0.5) is 32.0 Å². The maximum Gasteiger partial charge on any atom is 0.430 e. The van der Waals surface area contributed by atoms with E-state index in [1.165, 1.54) is 32.0 Å². The Labute approximate surface area is 221 Å². The van der Waals surface area contributed by atoms with Crippen LogP contribution in [0.25, 0.3) is 0 Å². The van der Waals surface area contributed by atoms with Crippen molar-refractivity contribution in [3.05, 3.63) is 62.7 Å². The topological polar surface area (TPSA) is 113 Å². The maximum absolute atomic E-state index is 13.1. The third-order valence-corrected chi connectivity index (χ3v) is 7.09. The first-order chi connectivity index (χ1) is 16.6. The van der Waals surface area contributed by atoms with E-state index in [0.717, 1.165) is 18.4 Å². The highest BCUT2D eigenvalue weighted by Gasteiger charge is 2.71.